The van der Waals surface area contributed by atoms with Gasteiger partial charge in [-0.2, -0.15) is 0 Å². The van der Waals surface area contributed by atoms with Crippen LogP contribution in [0.25, 0.3) is 0 Å². The molecule has 2 heterocycles. The molecule has 1 aliphatic rings. The average molecular weight is 321 g/mol. The molecule has 0 spiro atoms. The lowest BCUT2D eigenvalue weighted by Crippen LogP contribution is -2.31. The van der Waals surface area contributed by atoms with Crippen LogP contribution in [0, 0.1) is 0 Å². The van der Waals surface area contributed by atoms with Crippen LogP contribution in [0.4, 0.5) is 0 Å². The zero-order chi connectivity index (χ0) is 16.5. The Hall–Kier alpha value is -1.46. The van der Waals surface area contributed by atoms with Crippen LogP contribution in [0.15, 0.2) is 34.8 Å². The number of nitrogens with two attached hydrogens (primary N) is 1. The van der Waals surface area contributed by atoms with Crippen molar-refractivity contribution in [1.82, 2.24) is 9.96 Å². The minimum Gasteiger partial charge on any atom is -0.467 e. The SMILES string of the molecule is CCCCN(CCCC)CCCN1OC(N)=CC1c1ccco1. The van der Waals surface area contributed by atoms with Crippen LogP contribution in [0.5, 0.6) is 0 Å². The highest BCUT2D eigenvalue weighted by Gasteiger charge is 2.29. The van der Waals surface area contributed by atoms with Gasteiger partial charge in [-0.15, -0.1) is 5.06 Å². The zero-order valence-electron chi connectivity index (χ0n) is 14.5. The molecule has 0 saturated carbocycles. The van der Waals surface area contributed by atoms with Crippen molar-refractivity contribution in [1.29, 1.82) is 0 Å². The van der Waals surface area contributed by atoms with Crippen molar-refractivity contribution < 1.29 is 9.25 Å². The molecule has 0 bridgehead atoms. The first kappa shape index (κ1) is 17.9. The van der Waals surface area contributed by atoms with Gasteiger partial charge >= 0.3 is 0 Å². The first-order valence-electron chi connectivity index (χ1n) is 8.92. The summed E-state index contributed by atoms with van der Waals surface area (Å²) in [5.41, 5.74) is 5.83. The molecule has 1 aromatic heterocycles. The van der Waals surface area contributed by atoms with Gasteiger partial charge in [-0.3, -0.25) is 0 Å². The van der Waals surface area contributed by atoms with Gasteiger partial charge in [0.1, 0.15) is 11.8 Å². The largest absolute Gasteiger partial charge is 0.467 e. The minimum absolute atomic E-state index is 0.00951. The maximum atomic E-state index is 5.83. The molecule has 0 aromatic carbocycles. The zero-order valence-corrected chi connectivity index (χ0v) is 14.5. The van der Waals surface area contributed by atoms with Crippen molar-refractivity contribution in [2.24, 2.45) is 5.73 Å². The molecule has 1 aliphatic heterocycles. The van der Waals surface area contributed by atoms with E-state index in [0.717, 1.165) is 25.3 Å². The van der Waals surface area contributed by atoms with Crippen LogP contribution >= 0.6 is 0 Å². The number of nitrogens with zero attached hydrogens (tertiary/aromatic N) is 2. The Labute approximate surface area is 140 Å². The van der Waals surface area contributed by atoms with E-state index in [1.807, 2.05) is 23.3 Å². The lowest BCUT2D eigenvalue weighted by Gasteiger charge is -2.25. The van der Waals surface area contributed by atoms with Gasteiger partial charge in [-0.25, -0.2) is 0 Å². The highest BCUT2D eigenvalue weighted by molar-refractivity contribution is 5.15. The molecule has 0 aliphatic carbocycles. The molecular weight excluding hydrogens is 290 g/mol. The van der Waals surface area contributed by atoms with Gasteiger partial charge in [-0.05, 0) is 51.0 Å². The fourth-order valence-electron chi connectivity index (χ4n) is 2.88. The van der Waals surface area contributed by atoms with Gasteiger partial charge in [0.15, 0.2) is 0 Å². The normalized spacial score (nSPS) is 18.4. The van der Waals surface area contributed by atoms with Crippen molar-refractivity contribution in [3.05, 3.63) is 36.1 Å². The van der Waals surface area contributed by atoms with E-state index >= 15 is 0 Å². The molecule has 1 atom stereocenters. The second-order valence-corrected chi connectivity index (χ2v) is 6.16. The molecule has 130 valence electrons. The molecule has 0 amide bonds. The van der Waals surface area contributed by atoms with Crippen molar-refractivity contribution in [3.63, 3.8) is 0 Å². The topological polar surface area (TPSA) is 54.9 Å². The van der Waals surface area contributed by atoms with Crippen LogP contribution in [-0.4, -0.2) is 36.1 Å². The van der Waals surface area contributed by atoms with E-state index in [1.165, 1.54) is 38.8 Å². The molecule has 2 rings (SSSR count). The minimum atomic E-state index is -0.00951. The molecule has 0 fully saturated rings. The summed E-state index contributed by atoms with van der Waals surface area (Å²) in [6, 6.07) is 3.85. The summed E-state index contributed by atoms with van der Waals surface area (Å²) in [5.74, 6) is 1.33. The highest BCUT2D eigenvalue weighted by Crippen LogP contribution is 2.29. The summed E-state index contributed by atoms with van der Waals surface area (Å²) >= 11 is 0. The maximum Gasteiger partial charge on any atom is 0.207 e. The summed E-state index contributed by atoms with van der Waals surface area (Å²) in [6.07, 6.45) is 9.70. The van der Waals surface area contributed by atoms with Crippen molar-refractivity contribution >= 4 is 0 Å². The Morgan fingerprint density at radius 1 is 1.13 bits per heavy atom. The lowest BCUT2D eigenvalue weighted by molar-refractivity contribution is -0.124. The van der Waals surface area contributed by atoms with E-state index in [4.69, 9.17) is 15.0 Å². The number of hydrogen-bond acceptors (Lipinski definition) is 5. The molecule has 1 aromatic rings. The predicted molar refractivity (Wildman–Crippen MR) is 92.4 cm³/mol. The summed E-state index contributed by atoms with van der Waals surface area (Å²) < 4.78 is 5.50. The maximum absolute atomic E-state index is 5.83. The van der Waals surface area contributed by atoms with E-state index in [1.54, 1.807) is 6.26 Å². The predicted octanol–water partition coefficient (Wildman–Crippen LogP) is 3.66. The number of hydroxylamine groups is 2. The van der Waals surface area contributed by atoms with Crippen molar-refractivity contribution in [3.8, 4) is 0 Å². The molecule has 5 nitrogen and oxygen atoms in total. The van der Waals surface area contributed by atoms with E-state index in [9.17, 15) is 0 Å². The second kappa shape index (κ2) is 9.63. The lowest BCUT2D eigenvalue weighted by atomic mass is 10.2. The fraction of sp³-hybridized carbons (Fsp3) is 0.667. The van der Waals surface area contributed by atoms with E-state index in [-0.39, 0.29) is 6.04 Å². The molecule has 23 heavy (non-hydrogen) atoms. The van der Waals surface area contributed by atoms with E-state index < -0.39 is 0 Å². The third kappa shape index (κ3) is 5.59. The Morgan fingerprint density at radius 3 is 2.43 bits per heavy atom. The summed E-state index contributed by atoms with van der Waals surface area (Å²) in [7, 11) is 0. The van der Waals surface area contributed by atoms with Crippen LogP contribution in [0.3, 0.4) is 0 Å². The van der Waals surface area contributed by atoms with Crippen LogP contribution in [0.2, 0.25) is 0 Å². The summed E-state index contributed by atoms with van der Waals surface area (Å²) in [6.45, 7) is 8.83. The molecular formula is C18H31N3O2. The van der Waals surface area contributed by atoms with E-state index in [2.05, 4.69) is 18.7 Å². The van der Waals surface area contributed by atoms with Crippen LogP contribution in [0.1, 0.15) is 57.8 Å². The molecule has 1 unspecified atom stereocenters. The van der Waals surface area contributed by atoms with Crippen LogP contribution in [-0.2, 0) is 4.84 Å². The van der Waals surface area contributed by atoms with Crippen molar-refractivity contribution in [2.45, 2.75) is 52.0 Å². The van der Waals surface area contributed by atoms with Gasteiger partial charge in [0, 0.05) is 12.6 Å². The van der Waals surface area contributed by atoms with Gasteiger partial charge in [0.2, 0.25) is 5.88 Å². The quantitative estimate of drug-likeness (QED) is 0.674. The Bertz CT molecular complexity index is 451. The number of unbranched alkanes of at least 4 members (excludes halogenated alkanes) is 2. The third-order valence-electron chi connectivity index (χ3n) is 4.20. The first-order valence-corrected chi connectivity index (χ1v) is 8.92. The third-order valence-corrected chi connectivity index (χ3v) is 4.20. The van der Waals surface area contributed by atoms with E-state index in [0.29, 0.717) is 5.88 Å². The monoisotopic (exact) mass is 321 g/mol. The highest BCUT2D eigenvalue weighted by atomic mass is 16.7. The Morgan fingerprint density at radius 2 is 1.83 bits per heavy atom. The molecule has 5 heteroatoms. The number of furan rings is 1. The number of hydrogen-bond donors (Lipinski definition) is 1. The van der Waals surface area contributed by atoms with Gasteiger partial charge in [-0.1, -0.05) is 26.7 Å². The smallest absolute Gasteiger partial charge is 0.207 e. The standard InChI is InChI=1S/C18H31N3O2/c1-3-5-10-20(11-6-4-2)12-8-13-21-16(15-18(19)23-21)17-9-7-14-22-17/h7,9,14-16H,3-6,8,10-13,19H2,1-2H3. The first-order chi connectivity index (χ1) is 11.2. The number of rotatable bonds is 11. The molecule has 0 radical (unpaired) electrons. The Kier molecular flexibility index (Phi) is 7.49. The summed E-state index contributed by atoms with van der Waals surface area (Å²) in [4.78, 5) is 8.21. The second-order valence-electron chi connectivity index (χ2n) is 6.16. The summed E-state index contributed by atoms with van der Waals surface area (Å²) in [5, 5.41) is 1.92. The van der Waals surface area contributed by atoms with Crippen molar-refractivity contribution in [2.75, 3.05) is 26.2 Å². The molecule has 2 N–H and O–H groups in total. The molecule has 0 saturated heterocycles. The van der Waals surface area contributed by atoms with Gasteiger partial charge in [0.05, 0.1) is 6.26 Å². The Balaban J connectivity index is 1.79. The average Bonchev–Trinajstić information content (AvgIpc) is 3.18. The fourth-order valence-corrected chi connectivity index (χ4v) is 2.88. The van der Waals surface area contributed by atoms with Crippen LogP contribution < -0.4 is 5.73 Å². The van der Waals surface area contributed by atoms with Gasteiger partial charge in [0.25, 0.3) is 0 Å². The van der Waals surface area contributed by atoms with Gasteiger partial charge < -0.3 is 19.9 Å².